The van der Waals surface area contributed by atoms with E-state index in [1.807, 2.05) is 20.8 Å². The van der Waals surface area contributed by atoms with E-state index in [4.69, 9.17) is 21.4 Å². The van der Waals surface area contributed by atoms with E-state index in [0.29, 0.717) is 24.3 Å². The monoisotopic (exact) mass is 407 g/mol. The molecule has 2 aromatic rings. The number of azo groups is 1. The summed E-state index contributed by atoms with van der Waals surface area (Å²) in [5.41, 5.74) is 0.0285. The van der Waals surface area contributed by atoms with E-state index < -0.39 is 10.3 Å². The van der Waals surface area contributed by atoms with Gasteiger partial charge in [-0.3, -0.25) is 10.1 Å². The van der Waals surface area contributed by atoms with Gasteiger partial charge in [0, 0.05) is 35.7 Å². The molecule has 2 aromatic carbocycles. The molecule has 0 unspecified atom stereocenters. The Morgan fingerprint density at radius 3 is 2.46 bits per heavy atom. The molecule has 2 rings (SSSR count). The summed E-state index contributed by atoms with van der Waals surface area (Å²) in [5, 5.41) is 38.9. The Hall–Kier alpha value is -2.71. The Kier molecular flexibility index (Phi) is 6.93. The Bertz CT molecular complexity index is 894. The van der Waals surface area contributed by atoms with Crippen molar-refractivity contribution in [3.8, 4) is 11.5 Å². The van der Waals surface area contributed by atoms with Crippen LogP contribution in [0.2, 0.25) is 5.02 Å². The van der Waals surface area contributed by atoms with Crippen molar-refractivity contribution < 1.29 is 19.9 Å². The molecule has 8 nitrogen and oxygen atoms in total. The van der Waals surface area contributed by atoms with Gasteiger partial charge in [0.05, 0.1) is 11.5 Å². The van der Waals surface area contributed by atoms with Crippen LogP contribution in [0.15, 0.2) is 40.6 Å². The predicted molar refractivity (Wildman–Crippen MR) is 106 cm³/mol. The number of hydrogen-bond donors (Lipinski definition) is 2. The quantitative estimate of drug-likeness (QED) is 0.274. The molecule has 0 fully saturated rings. The number of aliphatic hydroxyl groups excluding tert-OH is 1. The van der Waals surface area contributed by atoms with Gasteiger partial charge in [-0.15, -0.1) is 10.2 Å². The molecule has 0 heterocycles. The number of ether oxygens (including phenoxy) is 1. The van der Waals surface area contributed by atoms with Crippen molar-refractivity contribution in [3.63, 3.8) is 0 Å². The zero-order chi connectivity index (χ0) is 20.9. The van der Waals surface area contributed by atoms with Crippen LogP contribution in [0, 0.1) is 10.1 Å². The van der Waals surface area contributed by atoms with Crippen molar-refractivity contribution in [2.24, 2.45) is 10.2 Å². The van der Waals surface area contributed by atoms with Crippen LogP contribution in [0.4, 0.5) is 17.1 Å². The highest BCUT2D eigenvalue weighted by Gasteiger charge is 2.22. The van der Waals surface area contributed by atoms with E-state index in [9.17, 15) is 15.2 Å². The lowest BCUT2D eigenvalue weighted by Crippen LogP contribution is -2.12. The van der Waals surface area contributed by atoms with Gasteiger partial charge < -0.3 is 14.9 Å². The Labute approximate surface area is 167 Å². The molecular formula is C19H22ClN3O5. The molecule has 0 aliphatic heterocycles. The Morgan fingerprint density at radius 2 is 1.86 bits per heavy atom. The first-order chi connectivity index (χ1) is 13.1. The number of hydrogen-bond acceptors (Lipinski definition) is 7. The van der Waals surface area contributed by atoms with Crippen LogP contribution in [0.5, 0.6) is 11.5 Å². The highest BCUT2D eigenvalue weighted by Crippen LogP contribution is 2.42. The molecule has 0 saturated heterocycles. The fourth-order valence-corrected chi connectivity index (χ4v) is 2.58. The number of aromatic hydroxyl groups is 1. The number of nitro groups is 1. The average molecular weight is 408 g/mol. The van der Waals surface area contributed by atoms with Crippen LogP contribution in [0.1, 0.15) is 32.8 Å². The third-order valence-electron chi connectivity index (χ3n) is 3.84. The van der Waals surface area contributed by atoms with Crippen molar-refractivity contribution >= 4 is 28.7 Å². The number of aliphatic hydroxyl groups is 1. The molecule has 0 aromatic heterocycles. The minimum absolute atomic E-state index is 0.00297. The van der Waals surface area contributed by atoms with Gasteiger partial charge in [-0.05, 0) is 23.6 Å². The highest BCUT2D eigenvalue weighted by molar-refractivity contribution is 6.30. The largest absolute Gasteiger partial charge is 0.505 e. The maximum Gasteiger partial charge on any atom is 0.298 e. The van der Waals surface area contributed by atoms with Gasteiger partial charge in [0.15, 0.2) is 5.69 Å². The van der Waals surface area contributed by atoms with E-state index in [0.717, 1.165) is 0 Å². The van der Waals surface area contributed by atoms with Crippen molar-refractivity contribution in [2.75, 3.05) is 13.2 Å². The van der Waals surface area contributed by atoms with E-state index in [2.05, 4.69) is 10.2 Å². The van der Waals surface area contributed by atoms with E-state index >= 15 is 0 Å². The summed E-state index contributed by atoms with van der Waals surface area (Å²) < 4.78 is 5.61. The third kappa shape index (κ3) is 5.40. The molecule has 0 amide bonds. The molecule has 150 valence electrons. The van der Waals surface area contributed by atoms with E-state index in [-0.39, 0.29) is 34.4 Å². The molecule has 0 spiro atoms. The Morgan fingerprint density at radius 1 is 1.18 bits per heavy atom. The number of benzene rings is 2. The van der Waals surface area contributed by atoms with E-state index in [1.165, 1.54) is 24.3 Å². The second kappa shape index (κ2) is 8.99. The van der Waals surface area contributed by atoms with Crippen molar-refractivity contribution in [1.82, 2.24) is 0 Å². The van der Waals surface area contributed by atoms with Gasteiger partial charge in [0.1, 0.15) is 17.2 Å². The molecule has 0 atom stereocenters. The fourth-order valence-electron chi connectivity index (χ4n) is 2.41. The number of halogens is 1. The summed E-state index contributed by atoms with van der Waals surface area (Å²) in [6.45, 7) is 6.06. The lowest BCUT2D eigenvalue weighted by atomic mass is 9.86. The van der Waals surface area contributed by atoms with Crippen molar-refractivity contribution in [1.29, 1.82) is 0 Å². The summed E-state index contributed by atoms with van der Waals surface area (Å²) >= 11 is 5.80. The van der Waals surface area contributed by atoms with Crippen LogP contribution < -0.4 is 4.74 Å². The van der Waals surface area contributed by atoms with Crippen LogP contribution in [-0.4, -0.2) is 28.4 Å². The second-order valence-electron chi connectivity index (χ2n) is 7.10. The summed E-state index contributed by atoms with van der Waals surface area (Å²) in [7, 11) is 0. The summed E-state index contributed by atoms with van der Waals surface area (Å²) in [5.74, 6) is 0.373. The fraction of sp³-hybridized carbons (Fsp3) is 0.368. The molecule has 0 aliphatic carbocycles. The summed E-state index contributed by atoms with van der Waals surface area (Å²) in [4.78, 5) is 10.6. The maximum atomic E-state index is 11.2. The zero-order valence-electron chi connectivity index (χ0n) is 15.8. The van der Waals surface area contributed by atoms with Crippen LogP contribution >= 0.6 is 11.6 Å². The van der Waals surface area contributed by atoms with Gasteiger partial charge in [-0.2, -0.15) is 0 Å². The topological polar surface area (TPSA) is 118 Å². The van der Waals surface area contributed by atoms with Crippen LogP contribution in [0.3, 0.4) is 0 Å². The molecule has 0 radical (unpaired) electrons. The van der Waals surface area contributed by atoms with Gasteiger partial charge in [-0.25, -0.2) is 0 Å². The first-order valence-electron chi connectivity index (χ1n) is 8.60. The molecule has 9 heteroatoms. The highest BCUT2D eigenvalue weighted by atomic mass is 35.5. The average Bonchev–Trinajstić information content (AvgIpc) is 2.61. The molecule has 0 saturated carbocycles. The minimum Gasteiger partial charge on any atom is -0.505 e. The smallest absolute Gasteiger partial charge is 0.298 e. The molecule has 2 N–H and O–H groups in total. The molecule has 0 aliphatic rings. The van der Waals surface area contributed by atoms with Gasteiger partial charge >= 0.3 is 0 Å². The first kappa shape index (κ1) is 21.6. The SMILES string of the molecule is CC(C)(C)c1cc(OCCCO)cc(N=Nc2ccc(Cl)cc2[N+](=O)[O-])c1O. The lowest BCUT2D eigenvalue weighted by molar-refractivity contribution is -0.384. The number of phenols is 1. The normalized spacial score (nSPS) is 11.8. The first-order valence-corrected chi connectivity index (χ1v) is 8.98. The number of rotatable bonds is 7. The van der Waals surface area contributed by atoms with Crippen molar-refractivity contribution in [2.45, 2.75) is 32.6 Å². The number of nitrogens with zero attached hydrogens (tertiary/aromatic N) is 3. The van der Waals surface area contributed by atoms with Crippen molar-refractivity contribution in [3.05, 3.63) is 51.0 Å². The number of phenolic OH excluding ortho intramolecular Hbond substituents is 1. The second-order valence-corrected chi connectivity index (χ2v) is 7.54. The van der Waals surface area contributed by atoms with Gasteiger partial charge in [0.25, 0.3) is 5.69 Å². The molecular weight excluding hydrogens is 386 g/mol. The summed E-state index contributed by atoms with van der Waals surface area (Å²) in [6.07, 6.45) is 0.458. The van der Waals surface area contributed by atoms with E-state index in [1.54, 1.807) is 6.07 Å². The van der Waals surface area contributed by atoms with Crippen LogP contribution in [0.25, 0.3) is 0 Å². The minimum atomic E-state index is -0.602. The van der Waals surface area contributed by atoms with Gasteiger partial charge in [-0.1, -0.05) is 32.4 Å². The van der Waals surface area contributed by atoms with Crippen LogP contribution in [-0.2, 0) is 5.41 Å². The van der Waals surface area contributed by atoms with Gasteiger partial charge in [0.2, 0.25) is 0 Å². The standard InChI is InChI=1S/C19H22ClN3O5/c1-19(2,3)14-10-13(28-8-4-7-24)11-16(18(14)25)22-21-15-6-5-12(20)9-17(15)23(26)27/h5-6,9-11,24-25H,4,7-8H2,1-3H3. The lowest BCUT2D eigenvalue weighted by Gasteiger charge is -2.22. The molecule has 28 heavy (non-hydrogen) atoms. The Balaban J connectivity index is 2.48. The predicted octanol–water partition coefficient (Wildman–Crippen LogP) is 5.43. The third-order valence-corrected chi connectivity index (χ3v) is 4.08. The maximum absolute atomic E-state index is 11.2. The number of nitro benzene ring substituents is 1. The zero-order valence-corrected chi connectivity index (χ0v) is 16.6. The summed E-state index contributed by atoms with van der Waals surface area (Å²) in [6, 6.07) is 7.24. The molecule has 0 bridgehead atoms.